The van der Waals surface area contributed by atoms with E-state index in [2.05, 4.69) is 0 Å². The Kier molecular flexibility index (Phi) is 4.69. The second-order valence-electron chi connectivity index (χ2n) is 9.14. The highest BCUT2D eigenvalue weighted by molar-refractivity contribution is 6.32. The third-order valence-corrected chi connectivity index (χ3v) is 7.62. The summed E-state index contributed by atoms with van der Waals surface area (Å²) in [4.78, 5) is 54.6. The number of hydrogen-bond acceptors (Lipinski definition) is 7. The molecule has 0 bridgehead atoms. The maximum absolute atomic E-state index is 14.3. The van der Waals surface area contributed by atoms with E-state index in [0.29, 0.717) is 22.4 Å². The molecule has 3 atom stereocenters. The molecule has 1 aliphatic carbocycles. The number of nitrogens with zero attached hydrogens (tertiary/aromatic N) is 2. The average molecular weight is 480 g/mol. The van der Waals surface area contributed by atoms with E-state index in [1.54, 1.807) is 24.3 Å². The van der Waals surface area contributed by atoms with Crippen molar-refractivity contribution in [2.45, 2.75) is 18.0 Å². The summed E-state index contributed by atoms with van der Waals surface area (Å²) in [6, 6.07) is 18.1. The summed E-state index contributed by atoms with van der Waals surface area (Å²) in [5.74, 6) is -2.27. The Morgan fingerprint density at radius 1 is 0.944 bits per heavy atom. The molecule has 8 heteroatoms. The standard InChI is InChI=1S/C28H20N2O6/c1-36-27(33)24-23(17-10-13-18(14-11-17)30(34)35)28(25(31)19-7-3-4-8-20(19)26(28)32)22-15-12-16-6-2-5-9-21(16)29(22)24/h2-15,22-24H,1H3/t22-,23-,24+/m1/s1. The molecule has 2 heterocycles. The van der Waals surface area contributed by atoms with Gasteiger partial charge >= 0.3 is 5.97 Å². The molecule has 0 aromatic heterocycles. The van der Waals surface area contributed by atoms with Gasteiger partial charge in [0.25, 0.3) is 5.69 Å². The Labute approximate surface area is 205 Å². The van der Waals surface area contributed by atoms with Crippen molar-refractivity contribution in [2.24, 2.45) is 5.41 Å². The lowest BCUT2D eigenvalue weighted by Crippen LogP contribution is -2.48. The van der Waals surface area contributed by atoms with Crippen LogP contribution in [0.1, 0.15) is 37.8 Å². The third-order valence-electron chi connectivity index (χ3n) is 7.62. The summed E-state index contributed by atoms with van der Waals surface area (Å²) < 4.78 is 5.23. The normalized spacial score (nSPS) is 22.8. The molecule has 0 amide bonds. The molecular formula is C28H20N2O6. The predicted molar refractivity (Wildman–Crippen MR) is 131 cm³/mol. The number of benzene rings is 3. The van der Waals surface area contributed by atoms with Crippen molar-refractivity contribution in [3.05, 3.63) is 111 Å². The lowest BCUT2D eigenvalue weighted by molar-refractivity contribution is -0.384. The molecule has 3 aromatic carbocycles. The first-order chi connectivity index (χ1) is 17.4. The van der Waals surface area contributed by atoms with Gasteiger partial charge in [-0.15, -0.1) is 0 Å². The molecule has 178 valence electrons. The van der Waals surface area contributed by atoms with Gasteiger partial charge in [-0.2, -0.15) is 0 Å². The van der Waals surface area contributed by atoms with Crippen molar-refractivity contribution in [3.8, 4) is 0 Å². The number of anilines is 1. The lowest BCUT2D eigenvalue weighted by Gasteiger charge is -2.36. The minimum absolute atomic E-state index is 0.129. The summed E-state index contributed by atoms with van der Waals surface area (Å²) in [6.45, 7) is 0. The molecule has 36 heavy (non-hydrogen) atoms. The highest BCUT2D eigenvalue weighted by Gasteiger charge is 2.71. The summed E-state index contributed by atoms with van der Waals surface area (Å²) in [7, 11) is 1.27. The van der Waals surface area contributed by atoms with E-state index in [0.717, 1.165) is 5.56 Å². The molecule has 0 radical (unpaired) electrons. The van der Waals surface area contributed by atoms with Gasteiger partial charge in [0, 0.05) is 34.9 Å². The number of methoxy groups -OCH3 is 1. The Hall–Kier alpha value is -4.59. The number of nitro benzene ring substituents is 1. The number of Topliss-reactive ketones (excluding diaryl/α,β-unsaturated/α-hetero) is 2. The number of carbonyl (C=O) groups is 3. The summed E-state index contributed by atoms with van der Waals surface area (Å²) in [5.41, 5.74) is 0.877. The van der Waals surface area contributed by atoms with Gasteiger partial charge in [-0.25, -0.2) is 4.79 Å². The number of rotatable bonds is 3. The van der Waals surface area contributed by atoms with Crippen LogP contribution >= 0.6 is 0 Å². The van der Waals surface area contributed by atoms with Crippen molar-refractivity contribution in [2.75, 3.05) is 12.0 Å². The minimum atomic E-state index is -1.65. The third kappa shape index (κ3) is 2.66. The van der Waals surface area contributed by atoms with Gasteiger partial charge in [0.15, 0.2) is 11.6 Å². The van der Waals surface area contributed by atoms with E-state index in [1.165, 1.54) is 31.4 Å². The van der Waals surface area contributed by atoms with Crippen molar-refractivity contribution in [1.82, 2.24) is 0 Å². The van der Waals surface area contributed by atoms with Gasteiger partial charge in [-0.05, 0) is 17.2 Å². The monoisotopic (exact) mass is 480 g/mol. The van der Waals surface area contributed by atoms with E-state index in [4.69, 9.17) is 4.74 Å². The SMILES string of the molecule is COC(=O)[C@@H]1[C@@H](c2ccc([N+](=O)[O-])cc2)C2(C(=O)c3ccccc3C2=O)[C@H]2C=Cc3ccccc3N12. The quantitative estimate of drug-likeness (QED) is 0.239. The zero-order valence-electron chi connectivity index (χ0n) is 19.2. The second-order valence-corrected chi connectivity index (χ2v) is 9.14. The zero-order valence-corrected chi connectivity index (χ0v) is 19.2. The van der Waals surface area contributed by atoms with Crippen molar-refractivity contribution in [1.29, 1.82) is 0 Å². The number of ether oxygens (including phenoxy) is 1. The largest absolute Gasteiger partial charge is 0.467 e. The molecule has 6 rings (SSSR count). The number of fused-ring (bicyclic) bond motifs is 5. The fourth-order valence-corrected chi connectivity index (χ4v) is 6.19. The summed E-state index contributed by atoms with van der Waals surface area (Å²) in [5, 5.41) is 11.3. The van der Waals surface area contributed by atoms with Gasteiger partial charge in [-0.1, -0.05) is 66.7 Å². The van der Waals surface area contributed by atoms with E-state index in [1.807, 2.05) is 41.3 Å². The lowest BCUT2D eigenvalue weighted by atomic mass is 9.65. The molecule has 1 spiro atoms. The Morgan fingerprint density at radius 3 is 2.17 bits per heavy atom. The number of ketones is 2. The van der Waals surface area contributed by atoms with E-state index >= 15 is 0 Å². The summed E-state index contributed by atoms with van der Waals surface area (Å²) >= 11 is 0. The number of nitro groups is 1. The van der Waals surface area contributed by atoms with E-state index < -0.39 is 34.3 Å². The van der Waals surface area contributed by atoms with Gasteiger partial charge in [-0.3, -0.25) is 19.7 Å². The second kappa shape index (κ2) is 7.71. The van der Waals surface area contributed by atoms with Crippen molar-refractivity contribution >= 4 is 35.0 Å². The molecule has 1 saturated heterocycles. The van der Waals surface area contributed by atoms with Crippen LogP contribution in [-0.2, 0) is 9.53 Å². The molecule has 2 aliphatic heterocycles. The Balaban J connectivity index is 1.66. The summed E-state index contributed by atoms with van der Waals surface area (Å²) in [6.07, 6.45) is 3.68. The van der Waals surface area contributed by atoms with E-state index in [-0.39, 0.29) is 17.3 Å². The van der Waals surface area contributed by atoms with Crippen LogP contribution in [0.3, 0.4) is 0 Å². The zero-order chi connectivity index (χ0) is 25.2. The molecule has 8 nitrogen and oxygen atoms in total. The highest BCUT2D eigenvalue weighted by Crippen LogP contribution is 2.60. The number of non-ortho nitro benzene ring substituents is 1. The smallest absolute Gasteiger partial charge is 0.329 e. The fraction of sp³-hybridized carbons (Fsp3) is 0.179. The van der Waals surface area contributed by atoms with Gasteiger partial charge in [0.2, 0.25) is 0 Å². The molecular weight excluding hydrogens is 460 g/mol. The highest BCUT2D eigenvalue weighted by atomic mass is 16.6. The Bertz CT molecular complexity index is 1460. The number of hydrogen-bond donors (Lipinski definition) is 0. The molecule has 3 aromatic rings. The topological polar surface area (TPSA) is 107 Å². The molecule has 1 fully saturated rings. The van der Waals surface area contributed by atoms with Crippen LogP contribution in [0.25, 0.3) is 6.08 Å². The van der Waals surface area contributed by atoms with Crippen molar-refractivity contribution in [3.63, 3.8) is 0 Å². The van der Waals surface area contributed by atoms with Gasteiger partial charge < -0.3 is 9.64 Å². The van der Waals surface area contributed by atoms with Crippen LogP contribution < -0.4 is 4.90 Å². The van der Waals surface area contributed by atoms with Crippen LogP contribution in [0, 0.1) is 15.5 Å². The molecule has 3 aliphatic rings. The van der Waals surface area contributed by atoms with Gasteiger partial charge in [0.05, 0.1) is 18.1 Å². The first-order valence-corrected chi connectivity index (χ1v) is 11.5. The van der Waals surface area contributed by atoms with E-state index in [9.17, 15) is 24.5 Å². The number of esters is 1. The van der Waals surface area contributed by atoms with Gasteiger partial charge in [0.1, 0.15) is 11.5 Å². The van der Waals surface area contributed by atoms with Crippen LogP contribution in [-0.4, -0.2) is 41.7 Å². The Morgan fingerprint density at radius 2 is 1.56 bits per heavy atom. The number of carbonyl (C=O) groups excluding carboxylic acids is 3. The van der Waals surface area contributed by atoms with Crippen LogP contribution in [0.15, 0.2) is 78.9 Å². The minimum Gasteiger partial charge on any atom is -0.467 e. The maximum atomic E-state index is 14.3. The van der Waals surface area contributed by atoms with Crippen LogP contribution in [0.2, 0.25) is 0 Å². The average Bonchev–Trinajstić information content (AvgIpc) is 3.35. The van der Waals surface area contributed by atoms with Crippen LogP contribution in [0.4, 0.5) is 11.4 Å². The number of para-hydroxylation sites is 1. The molecule has 0 unspecified atom stereocenters. The van der Waals surface area contributed by atoms with Crippen LogP contribution in [0.5, 0.6) is 0 Å². The first kappa shape index (κ1) is 21.9. The predicted octanol–water partition coefficient (Wildman–Crippen LogP) is 4.20. The molecule has 0 N–H and O–H groups in total. The molecule has 0 saturated carbocycles. The van der Waals surface area contributed by atoms with Crippen molar-refractivity contribution < 1.29 is 24.0 Å². The fourth-order valence-electron chi connectivity index (χ4n) is 6.19. The first-order valence-electron chi connectivity index (χ1n) is 11.5. The maximum Gasteiger partial charge on any atom is 0.329 e.